The van der Waals surface area contributed by atoms with Crippen LogP contribution in [0.5, 0.6) is 0 Å². The fourth-order valence-corrected chi connectivity index (χ4v) is 3.82. The number of rotatable bonds is 5. The zero-order valence-corrected chi connectivity index (χ0v) is 14.6. The van der Waals surface area contributed by atoms with Gasteiger partial charge in [-0.3, -0.25) is 4.99 Å². The average Bonchev–Trinajstić information content (AvgIpc) is 2.94. The van der Waals surface area contributed by atoms with Gasteiger partial charge in [0.1, 0.15) is 5.01 Å². The highest BCUT2D eigenvalue weighted by Crippen LogP contribution is 2.32. The summed E-state index contributed by atoms with van der Waals surface area (Å²) in [6, 6.07) is 0. The summed E-state index contributed by atoms with van der Waals surface area (Å²) in [4.78, 5) is 9.88. The molecule has 7 heteroatoms. The second-order valence-corrected chi connectivity index (χ2v) is 7.74. The van der Waals surface area contributed by atoms with E-state index in [1.165, 1.54) is 4.88 Å². The Balaban J connectivity index is 1.81. The number of thiazole rings is 1. The van der Waals surface area contributed by atoms with Gasteiger partial charge in [-0.05, 0) is 26.0 Å². The van der Waals surface area contributed by atoms with Crippen molar-refractivity contribution in [3.8, 4) is 0 Å². The van der Waals surface area contributed by atoms with Crippen molar-refractivity contribution in [2.24, 2.45) is 4.99 Å². The van der Waals surface area contributed by atoms with Crippen LogP contribution in [0.2, 0.25) is 0 Å². The van der Waals surface area contributed by atoms with Crippen molar-refractivity contribution in [1.29, 1.82) is 0 Å². The van der Waals surface area contributed by atoms with Crippen molar-refractivity contribution in [2.75, 3.05) is 33.1 Å². The topological polar surface area (TPSA) is 58.5 Å². The van der Waals surface area contributed by atoms with Gasteiger partial charge in [0.05, 0.1) is 6.54 Å². The Morgan fingerprint density at radius 1 is 1.48 bits per heavy atom. The number of ether oxygens (including phenoxy) is 1. The Labute approximate surface area is 135 Å². The van der Waals surface area contributed by atoms with Gasteiger partial charge in [0.15, 0.2) is 5.96 Å². The molecule has 1 aromatic rings. The molecular formula is C14H24N4OS2. The monoisotopic (exact) mass is 328 g/mol. The third-order valence-electron chi connectivity index (χ3n) is 3.71. The molecule has 1 fully saturated rings. The summed E-state index contributed by atoms with van der Waals surface area (Å²) in [6.45, 7) is 5.41. The van der Waals surface area contributed by atoms with E-state index >= 15 is 0 Å². The Hall–Kier alpha value is -0.790. The number of aromatic nitrogens is 1. The molecule has 0 bridgehead atoms. The molecule has 21 heavy (non-hydrogen) atoms. The highest BCUT2D eigenvalue weighted by molar-refractivity contribution is 8.00. The van der Waals surface area contributed by atoms with Crippen molar-refractivity contribution < 1.29 is 4.74 Å². The molecule has 2 heterocycles. The molecule has 2 N–H and O–H groups in total. The highest BCUT2D eigenvalue weighted by atomic mass is 32.2. The number of aryl methyl sites for hydroxylation is 1. The first-order chi connectivity index (χ1) is 10.2. The van der Waals surface area contributed by atoms with Crippen LogP contribution in [0.1, 0.15) is 22.7 Å². The SMILES string of the molecule is CN=C(NCc1ncc(C)s1)NCC1(SC)CCOCC1. The Kier molecular flexibility index (Phi) is 6.32. The summed E-state index contributed by atoms with van der Waals surface area (Å²) < 4.78 is 5.73. The number of guanidine groups is 1. The van der Waals surface area contributed by atoms with Crippen LogP contribution in [-0.2, 0) is 11.3 Å². The van der Waals surface area contributed by atoms with E-state index in [0.717, 1.165) is 43.6 Å². The van der Waals surface area contributed by atoms with Crippen LogP contribution in [0.15, 0.2) is 11.2 Å². The van der Waals surface area contributed by atoms with Gasteiger partial charge in [-0.2, -0.15) is 11.8 Å². The maximum atomic E-state index is 5.47. The second-order valence-electron chi connectivity index (χ2n) is 5.14. The molecule has 0 atom stereocenters. The lowest BCUT2D eigenvalue weighted by Gasteiger charge is -2.36. The van der Waals surface area contributed by atoms with Crippen LogP contribution in [0.25, 0.3) is 0 Å². The fourth-order valence-electron chi connectivity index (χ4n) is 2.30. The normalized spacial score (nSPS) is 18.5. The number of nitrogens with zero attached hydrogens (tertiary/aromatic N) is 2. The predicted octanol–water partition coefficient (Wildman–Crippen LogP) is 2.03. The summed E-state index contributed by atoms with van der Waals surface area (Å²) in [6.07, 6.45) is 6.26. The van der Waals surface area contributed by atoms with Crippen molar-refractivity contribution in [1.82, 2.24) is 15.6 Å². The van der Waals surface area contributed by atoms with Gasteiger partial charge in [0.2, 0.25) is 0 Å². The fraction of sp³-hybridized carbons (Fsp3) is 0.714. The molecule has 0 amide bonds. The van der Waals surface area contributed by atoms with E-state index < -0.39 is 0 Å². The van der Waals surface area contributed by atoms with Crippen LogP contribution in [0, 0.1) is 6.92 Å². The van der Waals surface area contributed by atoms with Gasteiger partial charge in [0.25, 0.3) is 0 Å². The van der Waals surface area contributed by atoms with Gasteiger partial charge >= 0.3 is 0 Å². The molecule has 5 nitrogen and oxygen atoms in total. The molecule has 2 rings (SSSR count). The van der Waals surface area contributed by atoms with E-state index in [9.17, 15) is 0 Å². The van der Waals surface area contributed by atoms with E-state index in [1.54, 1.807) is 18.4 Å². The Morgan fingerprint density at radius 3 is 2.81 bits per heavy atom. The largest absolute Gasteiger partial charge is 0.381 e. The van der Waals surface area contributed by atoms with Crippen molar-refractivity contribution >= 4 is 29.1 Å². The minimum atomic E-state index is 0.258. The summed E-state index contributed by atoms with van der Waals surface area (Å²) in [5.41, 5.74) is 0. The van der Waals surface area contributed by atoms with E-state index in [1.807, 2.05) is 18.0 Å². The Morgan fingerprint density at radius 2 is 2.24 bits per heavy atom. The highest BCUT2D eigenvalue weighted by Gasteiger charge is 2.31. The first kappa shape index (κ1) is 16.6. The van der Waals surface area contributed by atoms with Crippen LogP contribution >= 0.6 is 23.1 Å². The van der Waals surface area contributed by atoms with Crippen LogP contribution in [-0.4, -0.2) is 48.8 Å². The van der Waals surface area contributed by atoms with Crippen LogP contribution < -0.4 is 10.6 Å². The molecule has 0 aliphatic carbocycles. The summed E-state index contributed by atoms with van der Waals surface area (Å²) in [5.74, 6) is 0.836. The average molecular weight is 329 g/mol. The summed E-state index contributed by atoms with van der Waals surface area (Å²) in [7, 11) is 1.80. The quantitative estimate of drug-likeness (QED) is 0.640. The van der Waals surface area contributed by atoms with E-state index in [0.29, 0.717) is 6.54 Å². The van der Waals surface area contributed by atoms with Crippen LogP contribution in [0.3, 0.4) is 0 Å². The lowest BCUT2D eigenvalue weighted by Crippen LogP contribution is -2.47. The number of hydrogen-bond acceptors (Lipinski definition) is 5. The number of aliphatic imine (C=N–C) groups is 1. The maximum Gasteiger partial charge on any atom is 0.191 e. The summed E-state index contributed by atoms with van der Waals surface area (Å²) >= 11 is 3.64. The van der Waals surface area contributed by atoms with Gasteiger partial charge in [-0.25, -0.2) is 4.98 Å². The molecule has 0 saturated carbocycles. The van der Waals surface area contributed by atoms with Gasteiger partial charge < -0.3 is 15.4 Å². The standard InChI is InChI=1S/C14H24N4OS2/c1-11-8-16-12(21-11)9-17-13(15-2)18-10-14(20-3)4-6-19-7-5-14/h8H,4-7,9-10H2,1-3H3,(H2,15,17,18). The van der Waals surface area contributed by atoms with Crippen molar-refractivity contribution in [3.63, 3.8) is 0 Å². The molecule has 1 saturated heterocycles. The van der Waals surface area contributed by atoms with Gasteiger partial charge in [-0.1, -0.05) is 0 Å². The van der Waals surface area contributed by atoms with Crippen molar-refractivity contribution in [2.45, 2.75) is 31.1 Å². The van der Waals surface area contributed by atoms with Crippen molar-refractivity contribution in [3.05, 3.63) is 16.1 Å². The molecule has 0 spiro atoms. The van der Waals surface area contributed by atoms with Crippen LogP contribution in [0.4, 0.5) is 0 Å². The first-order valence-electron chi connectivity index (χ1n) is 7.16. The number of nitrogens with one attached hydrogen (secondary N) is 2. The minimum Gasteiger partial charge on any atom is -0.381 e. The lowest BCUT2D eigenvalue weighted by molar-refractivity contribution is 0.0783. The number of thioether (sulfide) groups is 1. The molecular weight excluding hydrogens is 304 g/mol. The van der Waals surface area contributed by atoms with E-state index in [4.69, 9.17) is 4.74 Å². The number of hydrogen-bond donors (Lipinski definition) is 2. The molecule has 1 aliphatic heterocycles. The van der Waals surface area contributed by atoms with E-state index in [2.05, 4.69) is 33.8 Å². The molecule has 0 aromatic carbocycles. The molecule has 1 aliphatic rings. The zero-order valence-electron chi connectivity index (χ0n) is 12.9. The molecule has 118 valence electrons. The van der Waals surface area contributed by atoms with Gasteiger partial charge in [0, 0.05) is 42.6 Å². The third-order valence-corrected chi connectivity index (χ3v) is 6.05. The lowest BCUT2D eigenvalue weighted by atomic mass is 9.99. The summed E-state index contributed by atoms with van der Waals surface area (Å²) in [5, 5.41) is 7.86. The first-order valence-corrected chi connectivity index (χ1v) is 9.20. The van der Waals surface area contributed by atoms with E-state index in [-0.39, 0.29) is 4.75 Å². The molecule has 0 radical (unpaired) electrons. The zero-order chi connectivity index (χ0) is 15.1. The minimum absolute atomic E-state index is 0.258. The Bertz CT molecular complexity index is 469. The second kappa shape index (κ2) is 8.00. The molecule has 0 unspecified atom stereocenters. The third kappa shape index (κ3) is 4.86. The molecule has 1 aromatic heterocycles. The van der Waals surface area contributed by atoms with Gasteiger partial charge in [-0.15, -0.1) is 11.3 Å². The smallest absolute Gasteiger partial charge is 0.191 e. The predicted molar refractivity (Wildman–Crippen MR) is 91.4 cm³/mol. The maximum absolute atomic E-state index is 5.47.